The topological polar surface area (TPSA) is 46.5 Å². The quantitative estimate of drug-likeness (QED) is 0.906. The van der Waals surface area contributed by atoms with Crippen molar-refractivity contribution in [1.29, 1.82) is 0 Å². The first-order valence-electron chi connectivity index (χ1n) is 5.73. The molecule has 0 amide bonds. The van der Waals surface area contributed by atoms with Crippen LogP contribution in [0.3, 0.4) is 0 Å². The zero-order valence-electron chi connectivity index (χ0n) is 9.65. The molecule has 92 valence electrons. The molecule has 0 bridgehead atoms. The lowest BCUT2D eigenvalue weighted by Gasteiger charge is -2.13. The molecule has 4 heteroatoms. The number of hydrogen-bond acceptors (Lipinski definition) is 2. The Hall–Kier alpha value is -1.03. The normalized spacial score (nSPS) is 16.6. The van der Waals surface area contributed by atoms with Crippen LogP contribution in [0.1, 0.15) is 31.2 Å². The maximum Gasteiger partial charge on any atom is 0.310 e. The van der Waals surface area contributed by atoms with Crippen molar-refractivity contribution in [1.82, 2.24) is 0 Å². The zero-order valence-corrected chi connectivity index (χ0v) is 11.2. The van der Waals surface area contributed by atoms with Gasteiger partial charge in [-0.25, -0.2) is 0 Å². The summed E-state index contributed by atoms with van der Waals surface area (Å²) in [7, 11) is 0. The molecule has 1 aliphatic rings. The second-order valence-electron chi connectivity index (χ2n) is 4.47. The van der Waals surface area contributed by atoms with Gasteiger partial charge in [-0.05, 0) is 53.2 Å². The van der Waals surface area contributed by atoms with Crippen molar-refractivity contribution in [2.75, 3.05) is 6.61 Å². The molecule has 0 radical (unpaired) electrons. The van der Waals surface area contributed by atoms with E-state index in [0.29, 0.717) is 5.92 Å². The van der Waals surface area contributed by atoms with Gasteiger partial charge in [0.15, 0.2) is 0 Å². The van der Waals surface area contributed by atoms with Gasteiger partial charge in [0.25, 0.3) is 0 Å². The highest BCUT2D eigenvalue weighted by Gasteiger charge is 2.23. The summed E-state index contributed by atoms with van der Waals surface area (Å²) < 4.78 is 6.45. The highest BCUT2D eigenvalue weighted by Crippen LogP contribution is 2.35. The number of carboxylic acid groups (broad SMARTS) is 1. The minimum absolute atomic E-state index is 0.533. The first-order chi connectivity index (χ1) is 8.09. The van der Waals surface area contributed by atoms with Crippen molar-refractivity contribution in [3.63, 3.8) is 0 Å². The third-order valence-corrected chi connectivity index (χ3v) is 3.85. The Balaban J connectivity index is 2.16. The number of ether oxygens (including phenoxy) is 1. The molecule has 0 saturated heterocycles. The van der Waals surface area contributed by atoms with E-state index >= 15 is 0 Å². The van der Waals surface area contributed by atoms with Crippen LogP contribution in [0.5, 0.6) is 5.75 Å². The number of carbonyl (C=O) groups is 1. The van der Waals surface area contributed by atoms with Crippen LogP contribution >= 0.6 is 15.9 Å². The molecular weight excluding hydrogens is 284 g/mol. The lowest BCUT2D eigenvalue weighted by Crippen LogP contribution is -2.09. The van der Waals surface area contributed by atoms with E-state index < -0.39 is 11.9 Å². The Kier molecular flexibility index (Phi) is 3.72. The lowest BCUT2D eigenvalue weighted by molar-refractivity contribution is -0.138. The predicted molar refractivity (Wildman–Crippen MR) is 68.4 cm³/mol. The molecule has 1 unspecified atom stereocenters. The molecule has 0 heterocycles. The molecule has 0 aromatic heterocycles. The van der Waals surface area contributed by atoms with Crippen molar-refractivity contribution in [2.24, 2.45) is 5.92 Å². The first-order valence-corrected chi connectivity index (χ1v) is 6.53. The number of aliphatic carboxylic acids is 1. The molecule has 1 aliphatic carbocycles. The van der Waals surface area contributed by atoms with Gasteiger partial charge in [-0.3, -0.25) is 4.79 Å². The molecule has 17 heavy (non-hydrogen) atoms. The van der Waals surface area contributed by atoms with E-state index in [-0.39, 0.29) is 0 Å². The summed E-state index contributed by atoms with van der Waals surface area (Å²) in [5, 5.41) is 9.02. The van der Waals surface area contributed by atoms with Crippen LogP contribution in [0.25, 0.3) is 0 Å². The minimum Gasteiger partial charge on any atom is -0.492 e. The van der Waals surface area contributed by atoms with Gasteiger partial charge in [-0.15, -0.1) is 0 Å². The van der Waals surface area contributed by atoms with Crippen molar-refractivity contribution in [3.8, 4) is 5.75 Å². The molecule has 1 saturated carbocycles. The molecule has 1 fully saturated rings. The van der Waals surface area contributed by atoms with Gasteiger partial charge >= 0.3 is 5.97 Å². The average Bonchev–Trinajstić information content (AvgIpc) is 3.10. The summed E-state index contributed by atoms with van der Waals surface area (Å²) in [4.78, 5) is 11.0. The maximum atomic E-state index is 11.0. The molecule has 0 aliphatic heterocycles. The Morgan fingerprint density at radius 3 is 2.88 bits per heavy atom. The van der Waals surface area contributed by atoms with Crippen molar-refractivity contribution < 1.29 is 14.6 Å². The molecule has 1 N–H and O–H groups in total. The van der Waals surface area contributed by atoms with Gasteiger partial charge in [-0.2, -0.15) is 0 Å². The van der Waals surface area contributed by atoms with Crippen molar-refractivity contribution in [3.05, 3.63) is 28.2 Å². The number of rotatable bonds is 5. The van der Waals surface area contributed by atoms with Gasteiger partial charge in [0.05, 0.1) is 17.0 Å². The Morgan fingerprint density at radius 2 is 2.29 bits per heavy atom. The van der Waals surface area contributed by atoms with Gasteiger partial charge in [0, 0.05) is 0 Å². The number of benzene rings is 1. The van der Waals surface area contributed by atoms with Gasteiger partial charge in [0.2, 0.25) is 0 Å². The summed E-state index contributed by atoms with van der Waals surface area (Å²) in [5.41, 5.74) is 0.755. The third-order valence-electron chi connectivity index (χ3n) is 3.00. The molecule has 1 aromatic rings. The molecule has 3 nitrogen and oxygen atoms in total. The summed E-state index contributed by atoms with van der Waals surface area (Å²) in [6, 6.07) is 5.51. The fourth-order valence-electron chi connectivity index (χ4n) is 1.60. The molecule has 1 atom stereocenters. The lowest BCUT2D eigenvalue weighted by atomic mass is 10.0. The monoisotopic (exact) mass is 298 g/mol. The number of halogens is 1. The van der Waals surface area contributed by atoms with Crippen molar-refractivity contribution >= 4 is 21.9 Å². The summed E-state index contributed by atoms with van der Waals surface area (Å²) in [6.07, 6.45) is 2.48. The van der Waals surface area contributed by atoms with Crippen LogP contribution in [0.15, 0.2) is 22.7 Å². The summed E-state index contributed by atoms with van der Waals surface area (Å²) in [5.74, 6) is 0.0591. The van der Waals surface area contributed by atoms with Crippen LogP contribution in [-0.2, 0) is 4.79 Å². The maximum absolute atomic E-state index is 11.0. The Morgan fingerprint density at radius 1 is 1.59 bits per heavy atom. The highest BCUT2D eigenvalue weighted by atomic mass is 79.9. The zero-order chi connectivity index (χ0) is 12.4. The molecular formula is C13H15BrO3. The summed E-state index contributed by atoms with van der Waals surface area (Å²) >= 11 is 3.43. The fraction of sp³-hybridized carbons (Fsp3) is 0.462. The largest absolute Gasteiger partial charge is 0.492 e. The van der Waals surface area contributed by atoms with E-state index in [4.69, 9.17) is 9.84 Å². The Bertz CT molecular complexity index is 427. The van der Waals surface area contributed by atoms with E-state index in [1.807, 2.05) is 18.2 Å². The van der Waals surface area contributed by atoms with Gasteiger partial charge < -0.3 is 9.84 Å². The van der Waals surface area contributed by atoms with E-state index in [2.05, 4.69) is 15.9 Å². The minimum atomic E-state index is -0.829. The molecule has 0 spiro atoms. The standard InChI is InChI=1S/C13H15BrO3/c1-8(13(15)16)10-3-2-4-11(12(10)14)17-7-9-5-6-9/h2-4,8-9H,5-7H2,1H3,(H,15,16). The van der Waals surface area contributed by atoms with Crippen LogP contribution in [0.2, 0.25) is 0 Å². The van der Waals surface area contributed by atoms with Gasteiger partial charge in [0.1, 0.15) is 5.75 Å². The SMILES string of the molecule is CC(C(=O)O)c1cccc(OCC2CC2)c1Br. The fourth-order valence-corrected chi connectivity index (χ4v) is 2.32. The van der Waals surface area contributed by atoms with Crippen LogP contribution < -0.4 is 4.74 Å². The van der Waals surface area contributed by atoms with E-state index in [9.17, 15) is 4.79 Å². The predicted octanol–water partition coefficient (Wildman–Crippen LogP) is 3.43. The molecule has 1 aromatic carbocycles. The van der Waals surface area contributed by atoms with Crippen LogP contribution in [0.4, 0.5) is 0 Å². The number of carboxylic acids is 1. The number of hydrogen-bond donors (Lipinski definition) is 1. The van der Waals surface area contributed by atoms with E-state index in [0.717, 1.165) is 22.4 Å². The van der Waals surface area contributed by atoms with E-state index in [1.165, 1.54) is 12.8 Å². The second-order valence-corrected chi connectivity index (χ2v) is 5.27. The van der Waals surface area contributed by atoms with E-state index in [1.54, 1.807) is 6.92 Å². The van der Waals surface area contributed by atoms with Crippen molar-refractivity contribution in [2.45, 2.75) is 25.7 Å². The smallest absolute Gasteiger partial charge is 0.310 e. The molecule has 2 rings (SSSR count). The second kappa shape index (κ2) is 5.08. The van der Waals surface area contributed by atoms with Crippen LogP contribution in [-0.4, -0.2) is 17.7 Å². The van der Waals surface area contributed by atoms with Gasteiger partial charge in [-0.1, -0.05) is 12.1 Å². The Labute approximate surface area is 109 Å². The third kappa shape index (κ3) is 3.00. The highest BCUT2D eigenvalue weighted by molar-refractivity contribution is 9.10. The average molecular weight is 299 g/mol. The summed E-state index contributed by atoms with van der Waals surface area (Å²) in [6.45, 7) is 2.40. The first kappa shape index (κ1) is 12.4. The van der Waals surface area contributed by atoms with Crippen LogP contribution in [0, 0.1) is 5.92 Å².